The van der Waals surface area contributed by atoms with Crippen molar-refractivity contribution in [3.8, 4) is 16.9 Å². The zero-order valence-electron chi connectivity index (χ0n) is 26.4. The van der Waals surface area contributed by atoms with Crippen molar-refractivity contribution in [2.75, 3.05) is 0 Å². The van der Waals surface area contributed by atoms with Crippen molar-refractivity contribution in [2.24, 2.45) is 0 Å². The minimum atomic E-state index is -1.86. The predicted molar refractivity (Wildman–Crippen MR) is 208 cm³/mol. The van der Waals surface area contributed by atoms with Gasteiger partial charge in [-0.2, -0.15) is 0 Å². The topological polar surface area (TPSA) is 35.5 Å². The van der Waals surface area contributed by atoms with Gasteiger partial charge in [-0.3, -0.25) is 0 Å². The van der Waals surface area contributed by atoms with Gasteiger partial charge in [0, 0.05) is 21.9 Å². The summed E-state index contributed by atoms with van der Waals surface area (Å²) < 4.78 is 20.1. The van der Waals surface area contributed by atoms with E-state index < -0.39 is 16.2 Å². The molecule has 0 saturated carbocycles. The molecule has 234 valence electrons. The lowest BCUT2D eigenvalue weighted by molar-refractivity contribution is 0.499. The summed E-state index contributed by atoms with van der Waals surface area (Å²) in [5.41, 5.74) is 3.67. The van der Waals surface area contributed by atoms with E-state index in [4.69, 9.17) is 12.9 Å². The monoisotopic (exact) mass is 668 g/mol. The van der Waals surface area contributed by atoms with E-state index in [1.54, 1.807) is 0 Å². The van der Waals surface area contributed by atoms with Crippen LogP contribution < -0.4 is 20.4 Å². The number of hydrogen-bond donors (Lipinski definition) is 0. The minimum Gasteiger partial charge on any atom is -0.390 e. The Labute approximate surface area is 286 Å². The van der Waals surface area contributed by atoms with Crippen molar-refractivity contribution in [1.82, 2.24) is 0 Å². The van der Waals surface area contributed by atoms with Crippen molar-refractivity contribution in [3.05, 3.63) is 182 Å². The molecule has 0 spiro atoms. The van der Waals surface area contributed by atoms with Gasteiger partial charge >= 0.3 is 8.24 Å². The Morgan fingerprint density at radius 1 is 0.388 bits per heavy atom. The standard InChI is InChI=1S/C44H30O3P2/c1-3-17-33(18-4-1)48(34-19-5-2-6-20-34)42-30-28-32-16-8-10-22-36(32)44(42)43-35-21-9-7-15-31(35)27-29-41(43)47-49-45-39-25-13-11-23-37(39)38-24-12-14-26-40(38)46-49/h1-30H. The van der Waals surface area contributed by atoms with Crippen molar-refractivity contribution in [3.63, 3.8) is 0 Å². The van der Waals surface area contributed by atoms with Gasteiger partial charge in [0.05, 0.1) is 0 Å². The lowest BCUT2D eigenvalue weighted by Crippen LogP contribution is -2.22. The predicted octanol–water partition coefficient (Wildman–Crippen LogP) is 11.9. The molecule has 9 aromatic rings. The third-order valence-electron chi connectivity index (χ3n) is 8.90. The van der Waals surface area contributed by atoms with Crippen molar-refractivity contribution >= 4 is 75.6 Å². The van der Waals surface area contributed by atoms with Crippen LogP contribution in [-0.4, -0.2) is 0 Å². The Morgan fingerprint density at radius 2 is 0.837 bits per heavy atom. The molecular formula is C44H30O3P2. The van der Waals surface area contributed by atoms with E-state index in [-0.39, 0.29) is 0 Å². The van der Waals surface area contributed by atoms with Crippen LogP contribution in [-0.2, 0) is 0 Å². The normalized spacial score (nSPS) is 11.4. The van der Waals surface area contributed by atoms with Crippen molar-refractivity contribution < 1.29 is 12.9 Å². The van der Waals surface area contributed by atoms with Crippen molar-refractivity contribution in [2.45, 2.75) is 0 Å². The zero-order chi connectivity index (χ0) is 32.6. The first-order valence-corrected chi connectivity index (χ1v) is 18.7. The molecular weight excluding hydrogens is 638 g/mol. The first-order chi connectivity index (χ1) is 24.3. The van der Waals surface area contributed by atoms with Crippen LogP contribution in [0.3, 0.4) is 0 Å². The molecule has 0 aliphatic heterocycles. The van der Waals surface area contributed by atoms with Gasteiger partial charge in [-0.1, -0.05) is 164 Å². The lowest BCUT2D eigenvalue weighted by Gasteiger charge is -2.25. The van der Waals surface area contributed by atoms with Gasteiger partial charge in [0.25, 0.3) is 0 Å². The summed E-state index contributed by atoms with van der Waals surface area (Å²) in [6.07, 6.45) is 0. The number of rotatable bonds is 6. The van der Waals surface area contributed by atoms with Crippen LogP contribution in [0.4, 0.5) is 0 Å². The molecule has 0 bridgehead atoms. The maximum atomic E-state index is 6.97. The summed E-state index contributed by atoms with van der Waals surface area (Å²) in [7, 11) is -2.80. The molecule has 0 saturated heterocycles. The summed E-state index contributed by atoms with van der Waals surface area (Å²) in [6.45, 7) is 0. The van der Waals surface area contributed by atoms with Gasteiger partial charge in [0.15, 0.2) is 0 Å². The second-order valence-electron chi connectivity index (χ2n) is 11.8. The lowest BCUT2D eigenvalue weighted by atomic mass is 9.93. The van der Waals surface area contributed by atoms with Crippen LogP contribution in [0.15, 0.2) is 190 Å². The zero-order valence-corrected chi connectivity index (χ0v) is 28.2. The first kappa shape index (κ1) is 29.5. The van der Waals surface area contributed by atoms with E-state index in [1.165, 1.54) is 26.7 Å². The molecule has 1 heterocycles. The SMILES string of the molecule is c1ccc(P(c2ccccc2)c2ccc3ccccc3c2-c2c(Op3oc4ccccc4c4ccccc4o3)ccc3ccccc23)cc1. The van der Waals surface area contributed by atoms with Crippen LogP contribution in [0.1, 0.15) is 0 Å². The molecule has 1 aromatic heterocycles. The largest absolute Gasteiger partial charge is 0.453 e. The molecule has 0 N–H and O–H groups in total. The fraction of sp³-hybridized carbons (Fsp3) is 0. The third kappa shape index (κ3) is 5.48. The average molecular weight is 669 g/mol. The van der Waals surface area contributed by atoms with Gasteiger partial charge in [0.1, 0.15) is 16.9 Å². The molecule has 0 amide bonds. The molecule has 0 radical (unpaired) electrons. The number of para-hydroxylation sites is 2. The molecule has 0 fully saturated rings. The molecule has 3 nitrogen and oxygen atoms in total. The van der Waals surface area contributed by atoms with E-state index >= 15 is 0 Å². The van der Waals surface area contributed by atoms with Gasteiger partial charge in [-0.25, -0.2) is 0 Å². The number of benzene rings is 8. The Bertz CT molecular complexity index is 2550. The van der Waals surface area contributed by atoms with E-state index in [2.05, 4.69) is 146 Å². The highest BCUT2D eigenvalue weighted by Gasteiger charge is 2.26. The van der Waals surface area contributed by atoms with E-state index in [0.717, 1.165) is 49.6 Å². The highest BCUT2D eigenvalue weighted by Crippen LogP contribution is 2.48. The molecule has 0 aliphatic rings. The van der Waals surface area contributed by atoms with Crippen molar-refractivity contribution in [1.29, 1.82) is 0 Å². The number of hydrogen-bond acceptors (Lipinski definition) is 3. The summed E-state index contributed by atoms with van der Waals surface area (Å²) in [6, 6.07) is 63.9. The summed E-state index contributed by atoms with van der Waals surface area (Å²) in [4.78, 5) is 0. The maximum Gasteiger partial charge on any atom is 0.453 e. The molecule has 9 rings (SSSR count). The Morgan fingerprint density at radius 3 is 1.41 bits per heavy atom. The fourth-order valence-electron chi connectivity index (χ4n) is 6.71. The minimum absolute atomic E-state index is 0.718. The summed E-state index contributed by atoms with van der Waals surface area (Å²) in [5.74, 6) is 0.718. The van der Waals surface area contributed by atoms with Crippen LogP contribution >= 0.6 is 16.2 Å². The van der Waals surface area contributed by atoms with Gasteiger partial charge < -0.3 is 12.9 Å². The maximum absolute atomic E-state index is 6.97. The molecule has 0 aliphatic carbocycles. The van der Waals surface area contributed by atoms with Crippen LogP contribution in [0.2, 0.25) is 0 Å². The first-order valence-electron chi connectivity index (χ1n) is 16.3. The highest BCUT2D eigenvalue weighted by molar-refractivity contribution is 7.80. The molecule has 0 unspecified atom stereocenters. The smallest absolute Gasteiger partial charge is 0.390 e. The summed E-state index contributed by atoms with van der Waals surface area (Å²) >= 11 is 0. The van der Waals surface area contributed by atoms with E-state index in [1.807, 2.05) is 36.4 Å². The van der Waals surface area contributed by atoms with Gasteiger partial charge in [0.2, 0.25) is 0 Å². The Kier molecular flexibility index (Phi) is 7.71. The van der Waals surface area contributed by atoms with E-state index in [9.17, 15) is 0 Å². The highest BCUT2D eigenvalue weighted by atomic mass is 31.1. The number of fused-ring (bicyclic) bond motifs is 5. The van der Waals surface area contributed by atoms with Crippen LogP contribution in [0, 0.1) is 0 Å². The Hall–Kier alpha value is -5.59. The van der Waals surface area contributed by atoms with Gasteiger partial charge in [-0.15, -0.1) is 0 Å². The van der Waals surface area contributed by atoms with Crippen LogP contribution in [0.5, 0.6) is 5.75 Å². The second-order valence-corrected chi connectivity index (χ2v) is 15.0. The average Bonchev–Trinajstić information content (AvgIpc) is 3.32. The second kappa shape index (κ2) is 12.8. The van der Waals surface area contributed by atoms with Gasteiger partial charge in [-0.05, 0) is 63.6 Å². The van der Waals surface area contributed by atoms with E-state index in [0.29, 0.717) is 0 Å². The molecule has 0 atom stereocenters. The third-order valence-corrected chi connectivity index (χ3v) is 12.4. The molecule has 49 heavy (non-hydrogen) atoms. The molecule has 8 aromatic carbocycles. The Balaban J connectivity index is 1.36. The fourth-order valence-corrected chi connectivity index (χ4v) is 10.2. The quantitative estimate of drug-likeness (QED) is 0.165. The van der Waals surface area contributed by atoms with Crippen LogP contribution in [0.25, 0.3) is 54.6 Å². The summed E-state index contributed by atoms with van der Waals surface area (Å²) in [5, 5.41) is 10.4. The molecule has 5 heteroatoms.